The second-order valence-corrected chi connectivity index (χ2v) is 7.30. The molecule has 6 heteroatoms. The molecule has 0 aliphatic heterocycles. The van der Waals surface area contributed by atoms with Gasteiger partial charge in [0, 0.05) is 5.56 Å². The van der Waals surface area contributed by atoms with Crippen LogP contribution in [0.1, 0.15) is 17.0 Å². The highest BCUT2D eigenvalue weighted by Crippen LogP contribution is 2.11. The normalized spacial score (nSPS) is 11.9. The second kappa shape index (κ2) is 9.48. The lowest BCUT2D eigenvalue weighted by atomic mass is 10.2. The van der Waals surface area contributed by atoms with E-state index >= 15 is 0 Å². The first kappa shape index (κ1) is 20.0. The number of rotatable bonds is 9. The van der Waals surface area contributed by atoms with Crippen molar-refractivity contribution in [2.75, 3.05) is 13.7 Å². The predicted octanol–water partition coefficient (Wildman–Crippen LogP) is 3.01. The summed E-state index contributed by atoms with van der Waals surface area (Å²) < 4.78 is 10.3. The number of nitrogens with zero attached hydrogens (tertiary/aromatic N) is 3. The molecule has 0 fully saturated rings. The fraction of sp³-hybridized carbons (Fsp3) is 0.273. The topological polar surface area (TPSA) is 36.4 Å². The van der Waals surface area contributed by atoms with Crippen molar-refractivity contribution in [2.45, 2.75) is 26.7 Å². The third kappa shape index (κ3) is 5.18. The Morgan fingerprint density at radius 2 is 1.82 bits per heavy atom. The van der Waals surface area contributed by atoms with Gasteiger partial charge in [-0.3, -0.25) is 4.57 Å². The number of ether oxygens (including phenoxy) is 1. The van der Waals surface area contributed by atoms with Crippen LogP contribution in [0.15, 0.2) is 67.3 Å². The van der Waals surface area contributed by atoms with E-state index < -0.39 is 0 Å². The molecule has 3 rings (SSSR count). The van der Waals surface area contributed by atoms with Gasteiger partial charge in [-0.1, -0.05) is 43.0 Å². The summed E-state index contributed by atoms with van der Waals surface area (Å²) in [6.45, 7) is 8.54. The van der Waals surface area contributed by atoms with E-state index in [-0.39, 0.29) is 0 Å². The van der Waals surface area contributed by atoms with Crippen molar-refractivity contribution in [3.05, 3.63) is 89.0 Å². The molecule has 5 nitrogen and oxygen atoms in total. The lowest BCUT2D eigenvalue weighted by molar-refractivity contribution is -0.917. The minimum atomic E-state index is 0.522. The van der Waals surface area contributed by atoms with Gasteiger partial charge in [-0.2, -0.15) is 9.78 Å². The molecule has 1 unspecified atom stereocenters. The van der Waals surface area contributed by atoms with Crippen molar-refractivity contribution in [2.24, 2.45) is 0 Å². The molecular formula is C22H27N4OS+. The molecule has 0 bridgehead atoms. The standard InChI is InChI=1S/C22H26N4OS/c1-4-14-27-21-12-10-20(11-13-21)15-24(3)17-26-22(28)25(18(2)23-26)16-19-8-6-5-7-9-19/h4-13H,1,14-17H2,2-3H3/p+1. The van der Waals surface area contributed by atoms with E-state index in [1.165, 1.54) is 16.0 Å². The number of aryl methyl sites for hydroxylation is 1. The molecule has 1 heterocycles. The first-order valence-electron chi connectivity index (χ1n) is 9.39. The highest BCUT2D eigenvalue weighted by atomic mass is 32.1. The molecule has 0 radical (unpaired) electrons. The Hall–Kier alpha value is -2.70. The van der Waals surface area contributed by atoms with Crippen LogP contribution < -0.4 is 9.64 Å². The number of quaternary nitrogens is 1. The largest absolute Gasteiger partial charge is 0.490 e. The van der Waals surface area contributed by atoms with Crippen molar-refractivity contribution in [3.8, 4) is 5.75 Å². The van der Waals surface area contributed by atoms with Crippen LogP contribution in [0.2, 0.25) is 0 Å². The third-order valence-corrected chi connectivity index (χ3v) is 4.94. The van der Waals surface area contributed by atoms with Crippen LogP contribution in [0.4, 0.5) is 0 Å². The zero-order valence-corrected chi connectivity index (χ0v) is 17.3. The fourth-order valence-corrected chi connectivity index (χ4v) is 3.42. The SMILES string of the molecule is C=CCOc1ccc(C[NH+](C)Cn2nc(C)n(Cc3ccccc3)c2=S)cc1. The van der Waals surface area contributed by atoms with Crippen molar-refractivity contribution >= 4 is 12.2 Å². The van der Waals surface area contributed by atoms with Crippen LogP contribution in [0, 0.1) is 11.7 Å². The van der Waals surface area contributed by atoms with Crippen molar-refractivity contribution < 1.29 is 9.64 Å². The lowest BCUT2D eigenvalue weighted by Gasteiger charge is -2.14. The summed E-state index contributed by atoms with van der Waals surface area (Å²) in [4.78, 5) is 1.31. The maximum atomic E-state index is 5.68. The van der Waals surface area contributed by atoms with Crippen LogP contribution in [0.25, 0.3) is 0 Å². The molecule has 28 heavy (non-hydrogen) atoms. The molecule has 0 saturated carbocycles. The van der Waals surface area contributed by atoms with E-state index in [1.54, 1.807) is 6.08 Å². The van der Waals surface area contributed by atoms with E-state index in [4.69, 9.17) is 17.0 Å². The van der Waals surface area contributed by atoms with Gasteiger partial charge in [0.25, 0.3) is 0 Å². The summed E-state index contributed by atoms with van der Waals surface area (Å²) in [6.07, 6.45) is 1.74. The molecule has 3 aromatic rings. The quantitative estimate of drug-likeness (QED) is 0.447. The van der Waals surface area contributed by atoms with Crippen LogP contribution in [-0.2, 0) is 19.8 Å². The Morgan fingerprint density at radius 3 is 2.50 bits per heavy atom. The number of aromatic nitrogens is 3. The molecule has 0 aliphatic carbocycles. The molecule has 1 atom stereocenters. The molecule has 2 aromatic carbocycles. The molecule has 0 saturated heterocycles. The van der Waals surface area contributed by atoms with E-state index in [9.17, 15) is 0 Å². The highest BCUT2D eigenvalue weighted by molar-refractivity contribution is 7.71. The minimum Gasteiger partial charge on any atom is -0.490 e. The molecule has 0 spiro atoms. The number of nitrogens with one attached hydrogen (secondary N) is 1. The smallest absolute Gasteiger partial charge is 0.203 e. The number of hydrogen-bond acceptors (Lipinski definition) is 3. The predicted molar refractivity (Wildman–Crippen MR) is 114 cm³/mol. The molecular weight excluding hydrogens is 368 g/mol. The summed E-state index contributed by atoms with van der Waals surface area (Å²) in [5.41, 5.74) is 2.47. The van der Waals surface area contributed by atoms with Crippen LogP contribution >= 0.6 is 12.2 Å². The summed E-state index contributed by atoms with van der Waals surface area (Å²) in [5, 5.41) is 4.66. The Labute approximate surface area is 171 Å². The molecule has 0 aliphatic rings. The number of hydrogen-bond donors (Lipinski definition) is 1. The van der Waals surface area contributed by atoms with E-state index in [0.29, 0.717) is 6.61 Å². The van der Waals surface area contributed by atoms with Crippen LogP contribution in [-0.4, -0.2) is 28.0 Å². The van der Waals surface area contributed by atoms with Gasteiger partial charge >= 0.3 is 0 Å². The summed E-state index contributed by atoms with van der Waals surface area (Å²) >= 11 is 5.68. The van der Waals surface area contributed by atoms with Gasteiger partial charge in [0.05, 0.1) is 13.6 Å². The summed E-state index contributed by atoms with van der Waals surface area (Å²) in [7, 11) is 2.15. The summed E-state index contributed by atoms with van der Waals surface area (Å²) in [5.74, 6) is 1.80. The average Bonchev–Trinajstić information content (AvgIpc) is 2.95. The van der Waals surface area contributed by atoms with Gasteiger partial charge < -0.3 is 9.64 Å². The van der Waals surface area contributed by atoms with Gasteiger partial charge in [-0.15, -0.1) is 0 Å². The molecule has 146 valence electrons. The second-order valence-electron chi connectivity index (χ2n) is 6.94. The van der Waals surface area contributed by atoms with Crippen molar-refractivity contribution in [3.63, 3.8) is 0 Å². The number of benzene rings is 2. The first-order valence-corrected chi connectivity index (χ1v) is 9.79. The minimum absolute atomic E-state index is 0.522. The van der Waals surface area contributed by atoms with Crippen molar-refractivity contribution in [1.82, 2.24) is 14.3 Å². The Kier molecular flexibility index (Phi) is 6.79. The molecule has 0 amide bonds. The Balaban J connectivity index is 1.64. The lowest BCUT2D eigenvalue weighted by Crippen LogP contribution is -3.07. The van der Waals surface area contributed by atoms with E-state index in [1.807, 2.05) is 41.9 Å². The summed E-state index contributed by atoms with van der Waals surface area (Å²) in [6, 6.07) is 18.5. The maximum absolute atomic E-state index is 5.68. The third-order valence-electron chi connectivity index (χ3n) is 4.51. The highest BCUT2D eigenvalue weighted by Gasteiger charge is 2.12. The van der Waals surface area contributed by atoms with Gasteiger partial charge in [0.15, 0.2) is 6.67 Å². The van der Waals surface area contributed by atoms with Crippen LogP contribution in [0.3, 0.4) is 0 Å². The van der Waals surface area contributed by atoms with Crippen molar-refractivity contribution in [1.29, 1.82) is 0 Å². The van der Waals surface area contributed by atoms with Gasteiger partial charge in [-0.05, 0) is 49.0 Å². The zero-order chi connectivity index (χ0) is 19.9. The van der Waals surface area contributed by atoms with Gasteiger partial charge in [0.1, 0.15) is 24.7 Å². The monoisotopic (exact) mass is 395 g/mol. The van der Waals surface area contributed by atoms with Gasteiger partial charge in [0.2, 0.25) is 4.77 Å². The van der Waals surface area contributed by atoms with Crippen LogP contribution in [0.5, 0.6) is 5.75 Å². The van der Waals surface area contributed by atoms with Gasteiger partial charge in [-0.25, -0.2) is 0 Å². The maximum Gasteiger partial charge on any atom is 0.203 e. The first-order chi connectivity index (χ1) is 13.6. The zero-order valence-electron chi connectivity index (χ0n) is 16.5. The Morgan fingerprint density at radius 1 is 1.11 bits per heavy atom. The average molecular weight is 396 g/mol. The molecule has 1 aromatic heterocycles. The Bertz CT molecular complexity index is 960. The van der Waals surface area contributed by atoms with E-state index in [2.05, 4.69) is 47.6 Å². The fourth-order valence-electron chi connectivity index (χ4n) is 3.12. The van der Waals surface area contributed by atoms with E-state index in [0.717, 1.165) is 36.1 Å². The molecule has 1 N–H and O–H groups in total.